The molecule has 0 amide bonds. The zero-order valence-electron chi connectivity index (χ0n) is 7.29. The first-order chi connectivity index (χ1) is 5.27. The van der Waals surface area contributed by atoms with Gasteiger partial charge in [0.2, 0.25) is 0 Å². The molecular weight excluding hydrogens is 142 g/mol. The van der Waals surface area contributed by atoms with E-state index < -0.39 is 0 Å². The number of β-amino-alcohol motifs (C(OH)–C–C–N with tert-alkyl or cyclic N) is 1. The van der Waals surface area contributed by atoms with Crippen LogP contribution in [0.5, 0.6) is 0 Å². The van der Waals surface area contributed by atoms with Crippen LogP contribution in [0, 0.1) is 0 Å². The maximum atomic E-state index is 9.33. The summed E-state index contributed by atoms with van der Waals surface area (Å²) in [7, 11) is 1.71. The van der Waals surface area contributed by atoms with Gasteiger partial charge in [0.15, 0.2) is 0 Å². The Balaban J connectivity index is 2.37. The molecule has 1 rings (SSSR count). The van der Waals surface area contributed by atoms with E-state index in [0.29, 0.717) is 6.04 Å². The molecule has 1 heterocycles. The largest absolute Gasteiger partial charge is 0.392 e. The summed E-state index contributed by atoms with van der Waals surface area (Å²) in [5, 5.41) is 9.33. The van der Waals surface area contributed by atoms with Gasteiger partial charge in [-0.1, -0.05) is 6.92 Å². The molecule has 0 bridgehead atoms. The normalized spacial score (nSPS) is 33.0. The maximum Gasteiger partial charge on any atom is 0.0683 e. The molecule has 11 heavy (non-hydrogen) atoms. The van der Waals surface area contributed by atoms with E-state index in [4.69, 9.17) is 4.74 Å². The number of ether oxygens (including phenoxy) is 1. The third-order valence-electron chi connectivity index (χ3n) is 2.27. The summed E-state index contributed by atoms with van der Waals surface area (Å²) >= 11 is 0. The first-order valence-electron chi connectivity index (χ1n) is 4.19. The van der Waals surface area contributed by atoms with Crippen LogP contribution in [-0.4, -0.2) is 49.0 Å². The van der Waals surface area contributed by atoms with Gasteiger partial charge in [-0.2, -0.15) is 0 Å². The van der Waals surface area contributed by atoms with E-state index in [1.807, 2.05) is 0 Å². The monoisotopic (exact) mass is 159 g/mol. The molecule has 0 aromatic heterocycles. The van der Waals surface area contributed by atoms with Crippen molar-refractivity contribution < 1.29 is 9.84 Å². The van der Waals surface area contributed by atoms with E-state index in [0.717, 1.165) is 26.1 Å². The van der Waals surface area contributed by atoms with Crippen LogP contribution < -0.4 is 0 Å². The fourth-order valence-electron chi connectivity index (χ4n) is 1.71. The van der Waals surface area contributed by atoms with Gasteiger partial charge in [-0.3, -0.25) is 4.90 Å². The van der Waals surface area contributed by atoms with Crippen molar-refractivity contribution in [2.75, 3.05) is 26.8 Å². The van der Waals surface area contributed by atoms with Crippen molar-refractivity contribution >= 4 is 0 Å². The van der Waals surface area contributed by atoms with E-state index in [9.17, 15) is 5.11 Å². The molecule has 1 fully saturated rings. The molecule has 0 spiro atoms. The average molecular weight is 159 g/mol. The third kappa shape index (κ3) is 2.15. The minimum atomic E-state index is -0.143. The van der Waals surface area contributed by atoms with Gasteiger partial charge < -0.3 is 9.84 Å². The van der Waals surface area contributed by atoms with Crippen LogP contribution in [0.3, 0.4) is 0 Å². The Labute approximate surface area is 68.0 Å². The molecule has 3 nitrogen and oxygen atoms in total. The van der Waals surface area contributed by atoms with Crippen molar-refractivity contribution in [3.63, 3.8) is 0 Å². The molecule has 1 N–H and O–H groups in total. The van der Waals surface area contributed by atoms with Crippen LogP contribution in [0.15, 0.2) is 0 Å². The smallest absolute Gasteiger partial charge is 0.0683 e. The molecule has 0 aromatic carbocycles. The second-order valence-corrected chi connectivity index (χ2v) is 3.09. The number of nitrogens with zero attached hydrogens (tertiary/aromatic N) is 1. The molecule has 3 heteroatoms. The average Bonchev–Trinajstić information content (AvgIpc) is 2.32. The number of rotatable bonds is 3. The molecule has 2 atom stereocenters. The van der Waals surface area contributed by atoms with Gasteiger partial charge in [-0.25, -0.2) is 0 Å². The van der Waals surface area contributed by atoms with E-state index in [-0.39, 0.29) is 6.10 Å². The second-order valence-electron chi connectivity index (χ2n) is 3.09. The lowest BCUT2D eigenvalue weighted by molar-refractivity contribution is 0.119. The Morgan fingerprint density at radius 3 is 2.91 bits per heavy atom. The van der Waals surface area contributed by atoms with Crippen LogP contribution in [0.1, 0.15) is 13.3 Å². The molecule has 0 aliphatic carbocycles. The first-order valence-corrected chi connectivity index (χ1v) is 4.19. The van der Waals surface area contributed by atoms with Crippen LogP contribution in [0.4, 0.5) is 0 Å². The number of hydrogen-bond donors (Lipinski definition) is 1. The Bertz CT molecular complexity index is 119. The predicted octanol–water partition coefficient (Wildman–Crippen LogP) is 0.0879. The Hall–Kier alpha value is -0.120. The molecule has 0 radical (unpaired) electrons. The zero-order chi connectivity index (χ0) is 8.27. The van der Waals surface area contributed by atoms with Crippen molar-refractivity contribution in [2.24, 2.45) is 0 Å². The molecule has 0 saturated carbocycles. The third-order valence-corrected chi connectivity index (χ3v) is 2.27. The molecule has 1 aliphatic heterocycles. The quantitative estimate of drug-likeness (QED) is 0.633. The Morgan fingerprint density at radius 2 is 2.36 bits per heavy atom. The number of likely N-dealkylation sites (N-methyl/N-ethyl adjacent to an activating group) is 1. The molecule has 1 saturated heterocycles. The highest BCUT2D eigenvalue weighted by Crippen LogP contribution is 2.16. The summed E-state index contributed by atoms with van der Waals surface area (Å²) in [5.41, 5.74) is 0. The number of aliphatic hydroxyl groups excluding tert-OH is 1. The van der Waals surface area contributed by atoms with E-state index in [1.165, 1.54) is 0 Å². The molecular formula is C8H17NO2. The van der Waals surface area contributed by atoms with E-state index >= 15 is 0 Å². The number of methoxy groups -OCH3 is 1. The van der Waals surface area contributed by atoms with Gasteiger partial charge in [0, 0.05) is 19.7 Å². The van der Waals surface area contributed by atoms with Gasteiger partial charge in [-0.15, -0.1) is 0 Å². The van der Waals surface area contributed by atoms with Crippen LogP contribution >= 0.6 is 0 Å². The Morgan fingerprint density at radius 1 is 1.64 bits per heavy atom. The zero-order valence-corrected chi connectivity index (χ0v) is 7.29. The van der Waals surface area contributed by atoms with Crippen LogP contribution in [-0.2, 0) is 4.74 Å². The van der Waals surface area contributed by atoms with Gasteiger partial charge in [-0.05, 0) is 13.0 Å². The summed E-state index contributed by atoms with van der Waals surface area (Å²) in [6, 6.07) is 0.431. The van der Waals surface area contributed by atoms with Crippen molar-refractivity contribution in [3.8, 4) is 0 Å². The SMILES string of the molecule is CCN1CC(O)CC1COC. The molecule has 2 unspecified atom stereocenters. The standard InChI is InChI=1S/C8H17NO2/c1-3-9-5-8(10)4-7(9)6-11-2/h7-8,10H,3-6H2,1-2H3. The predicted molar refractivity (Wildman–Crippen MR) is 43.5 cm³/mol. The fourth-order valence-corrected chi connectivity index (χ4v) is 1.71. The van der Waals surface area contributed by atoms with Gasteiger partial charge in [0.05, 0.1) is 12.7 Å². The lowest BCUT2D eigenvalue weighted by Crippen LogP contribution is -2.32. The minimum Gasteiger partial charge on any atom is -0.392 e. The lowest BCUT2D eigenvalue weighted by Gasteiger charge is -2.20. The van der Waals surface area contributed by atoms with Gasteiger partial charge >= 0.3 is 0 Å². The summed E-state index contributed by atoms with van der Waals surface area (Å²) in [5.74, 6) is 0. The van der Waals surface area contributed by atoms with E-state index in [2.05, 4.69) is 11.8 Å². The van der Waals surface area contributed by atoms with E-state index in [1.54, 1.807) is 7.11 Å². The highest BCUT2D eigenvalue weighted by Gasteiger charge is 2.29. The molecule has 66 valence electrons. The number of hydrogen-bond acceptors (Lipinski definition) is 3. The topological polar surface area (TPSA) is 32.7 Å². The van der Waals surface area contributed by atoms with Crippen molar-refractivity contribution in [2.45, 2.75) is 25.5 Å². The Kier molecular flexibility index (Phi) is 3.30. The maximum absolute atomic E-state index is 9.33. The van der Waals surface area contributed by atoms with Gasteiger partial charge in [0.1, 0.15) is 0 Å². The summed E-state index contributed by atoms with van der Waals surface area (Å²) in [6.07, 6.45) is 0.719. The van der Waals surface area contributed by atoms with Crippen molar-refractivity contribution in [1.29, 1.82) is 0 Å². The van der Waals surface area contributed by atoms with Crippen molar-refractivity contribution in [1.82, 2.24) is 4.90 Å². The number of aliphatic hydroxyl groups is 1. The highest BCUT2D eigenvalue weighted by molar-refractivity contribution is 4.83. The summed E-state index contributed by atoms with van der Waals surface area (Å²) < 4.78 is 5.05. The minimum absolute atomic E-state index is 0.143. The summed E-state index contributed by atoms with van der Waals surface area (Å²) in [4.78, 5) is 2.26. The second kappa shape index (κ2) is 4.04. The van der Waals surface area contributed by atoms with Gasteiger partial charge in [0.25, 0.3) is 0 Å². The lowest BCUT2D eigenvalue weighted by atomic mass is 10.2. The first kappa shape index (κ1) is 8.97. The van der Waals surface area contributed by atoms with Crippen molar-refractivity contribution in [3.05, 3.63) is 0 Å². The highest BCUT2D eigenvalue weighted by atomic mass is 16.5. The summed E-state index contributed by atoms with van der Waals surface area (Å²) in [6.45, 7) is 4.67. The fraction of sp³-hybridized carbons (Fsp3) is 1.00. The molecule has 1 aliphatic rings. The van der Waals surface area contributed by atoms with Crippen LogP contribution in [0.25, 0.3) is 0 Å². The van der Waals surface area contributed by atoms with Crippen LogP contribution in [0.2, 0.25) is 0 Å². The molecule has 0 aromatic rings. The number of likely N-dealkylation sites (tertiary alicyclic amines) is 1.